The molecule has 0 N–H and O–H groups in total. The minimum Gasteiger partial charge on any atom is -0.298 e. The van der Waals surface area contributed by atoms with Crippen LogP contribution >= 0.6 is 69.6 Å². The molecule has 2 aromatic carbocycles. The van der Waals surface area contributed by atoms with Crippen molar-refractivity contribution >= 4 is 75.9 Å². The van der Waals surface area contributed by atoms with Gasteiger partial charge in [-0.05, 0) is 30.3 Å². The first-order chi connectivity index (χ1) is 12.3. The lowest BCUT2D eigenvalue weighted by atomic mass is 10.00. The molecule has 2 nitrogen and oxygen atoms in total. The molecule has 0 radical (unpaired) electrons. The number of rotatable bonds is 3. The standard InChI is InChI=1S/C18H7Cl6NO/c19-9-2-11(17(23)14(21)4-9)13-6-25-16(1-8(13)7-26)12-3-10(20)5-15(22)18(12)24/h1-7H. The number of aldehydes is 1. The van der Waals surface area contributed by atoms with Crippen molar-refractivity contribution in [1.29, 1.82) is 0 Å². The first-order valence-electron chi connectivity index (χ1n) is 7.07. The molecule has 0 saturated heterocycles. The second-order valence-corrected chi connectivity index (χ2v) is 7.72. The van der Waals surface area contributed by atoms with Crippen molar-refractivity contribution < 1.29 is 4.79 Å². The fourth-order valence-corrected chi connectivity index (χ4v) is 3.84. The minimum absolute atomic E-state index is 0.276. The highest BCUT2D eigenvalue weighted by molar-refractivity contribution is 6.45. The number of carbonyl (C=O) groups is 1. The number of carbonyl (C=O) groups excluding carboxylic acids is 1. The smallest absolute Gasteiger partial charge is 0.150 e. The summed E-state index contributed by atoms with van der Waals surface area (Å²) >= 11 is 36.7. The first kappa shape index (κ1) is 19.8. The number of hydrogen-bond acceptors (Lipinski definition) is 2. The Bertz CT molecular complexity index is 1030. The van der Waals surface area contributed by atoms with Crippen LogP contribution in [0.1, 0.15) is 10.4 Å². The van der Waals surface area contributed by atoms with Gasteiger partial charge in [0.25, 0.3) is 0 Å². The van der Waals surface area contributed by atoms with Crippen LogP contribution in [0.15, 0.2) is 36.5 Å². The van der Waals surface area contributed by atoms with E-state index in [1.807, 2.05) is 0 Å². The second kappa shape index (κ2) is 7.93. The molecule has 3 rings (SSSR count). The van der Waals surface area contributed by atoms with Crippen molar-refractivity contribution in [3.63, 3.8) is 0 Å². The maximum Gasteiger partial charge on any atom is 0.150 e. The molecule has 3 aromatic rings. The number of nitrogens with zero attached hydrogens (tertiary/aromatic N) is 1. The zero-order valence-electron chi connectivity index (χ0n) is 12.7. The zero-order valence-corrected chi connectivity index (χ0v) is 17.2. The van der Waals surface area contributed by atoms with Gasteiger partial charge in [-0.3, -0.25) is 9.78 Å². The molecule has 0 amide bonds. The summed E-state index contributed by atoms with van der Waals surface area (Å²) in [6, 6.07) is 7.85. The van der Waals surface area contributed by atoms with Crippen LogP contribution in [-0.4, -0.2) is 11.3 Å². The van der Waals surface area contributed by atoms with Crippen LogP contribution in [0.3, 0.4) is 0 Å². The van der Waals surface area contributed by atoms with E-state index in [4.69, 9.17) is 69.6 Å². The lowest BCUT2D eigenvalue weighted by Gasteiger charge is -2.12. The Hall–Kier alpha value is -1.000. The number of halogens is 6. The van der Waals surface area contributed by atoms with Crippen LogP contribution < -0.4 is 0 Å². The van der Waals surface area contributed by atoms with Crippen molar-refractivity contribution in [3.8, 4) is 22.4 Å². The van der Waals surface area contributed by atoms with E-state index < -0.39 is 0 Å². The van der Waals surface area contributed by atoms with Crippen molar-refractivity contribution in [2.45, 2.75) is 0 Å². The zero-order chi connectivity index (χ0) is 19.0. The van der Waals surface area contributed by atoms with E-state index in [1.165, 1.54) is 18.3 Å². The molecular weight excluding hydrogens is 459 g/mol. The van der Waals surface area contributed by atoms with E-state index >= 15 is 0 Å². The van der Waals surface area contributed by atoms with Gasteiger partial charge < -0.3 is 0 Å². The molecule has 0 atom stereocenters. The number of pyridine rings is 1. The maximum absolute atomic E-state index is 11.7. The molecule has 0 aliphatic carbocycles. The summed E-state index contributed by atoms with van der Waals surface area (Å²) in [4.78, 5) is 16.0. The van der Waals surface area contributed by atoms with Gasteiger partial charge >= 0.3 is 0 Å². The predicted octanol–water partition coefficient (Wildman–Crippen LogP) is 8.15. The summed E-state index contributed by atoms with van der Waals surface area (Å²) < 4.78 is 0. The van der Waals surface area contributed by atoms with Crippen molar-refractivity contribution in [3.05, 3.63) is 72.2 Å². The van der Waals surface area contributed by atoms with Crippen molar-refractivity contribution in [2.24, 2.45) is 0 Å². The maximum atomic E-state index is 11.7. The van der Waals surface area contributed by atoms with Gasteiger partial charge in [-0.25, -0.2) is 0 Å². The molecule has 1 aromatic heterocycles. The number of aromatic nitrogens is 1. The van der Waals surface area contributed by atoms with Crippen molar-refractivity contribution in [1.82, 2.24) is 4.98 Å². The largest absolute Gasteiger partial charge is 0.298 e. The highest BCUT2D eigenvalue weighted by Gasteiger charge is 2.16. The van der Waals surface area contributed by atoms with Crippen molar-refractivity contribution in [2.75, 3.05) is 0 Å². The normalized spacial score (nSPS) is 10.8. The van der Waals surface area contributed by atoms with E-state index in [0.717, 1.165) is 0 Å². The average Bonchev–Trinajstić information content (AvgIpc) is 2.60. The second-order valence-electron chi connectivity index (χ2n) is 5.27. The fraction of sp³-hybridized carbons (Fsp3) is 0. The number of benzene rings is 2. The van der Waals surface area contributed by atoms with Gasteiger partial charge in [0.05, 0.1) is 25.8 Å². The molecule has 0 aliphatic rings. The van der Waals surface area contributed by atoms with Gasteiger partial charge in [0.15, 0.2) is 6.29 Å². The van der Waals surface area contributed by atoms with Crippen LogP contribution in [0, 0.1) is 0 Å². The Morgan fingerprint density at radius 1 is 0.692 bits per heavy atom. The van der Waals surface area contributed by atoms with Crippen LogP contribution in [-0.2, 0) is 0 Å². The lowest BCUT2D eigenvalue weighted by molar-refractivity contribution is 0.112. The summed E-state index contributed by atoms with van der Waals surface area (Å²) in [6.07, 6.45) is 2.18. The van der Waals surface area contributed by atoms with Gasteiger partial charge in [-0.2, -0.15) is 0 Å². The van der Waals surface area contributed by atoms with Gasteiger partial charge in [-0.15, -0.1) is 0 Å². The molecule has 1 heterocycles. The third-order valence-corrected chi connectivity index (χ3v) is 5.66. The molecule has 0 fully saturated rings. The SMILES string of the molecule is O=Cc1cc(-c2cc(Cl)cc(Cl)c2Cl)ncc1-c1cc(Cl)cc(Cl)c1Cl. The summed E-state index contributed by atoms with van der Waals surface area (Å²) in [5.74, 6) is 0. The molecule has 0 unspecified atom stereocenters. The average molecular weight is 466 g/mol. The quantitative estimate of drug-likeness (QED) is 0.288. The van der Waals surface area contributed by atoms with Crippen LogP contribution in [0.25, 0.3) is 22.4 Å². The Morgan fingerprint density at radius 3 is 1.81 bits per heavy atom. The molecule has 26 heavy (non-hydrogen) atoms. The Labute approximate surface area is 179 Å². The van der Waals surface area contributed by atoms with Gasteiger partial charge in [0, 0.05) is 38.5 Å². The fourth-order valence-electron chi connectivity index (χ4n) is 2.44. The van der Waals surface area contributed by atoms with E-state index in [9.17, 15) is 4.79 Å². The van der Waals surface area contributed by atoms with E-state index in [1.54, 1.807) is 18.2 Å². The van der Waals surface area contributed by atoms with E-state index in [-0.39, 0.29) is 20.1 Å². The summed E-state index contributed by atoms with van der Waals surface area (Å²) in [5.41, 5.74) is 2.27. The van der Waals surface area contributed by atoms with Gasteiger partial charge in [0.1, 0.15) is 0 Å². The monoisotopic (exact) mass is 463 g/mol. The minimum atomic E-state index is 0.276. The van der Waals surface area contributed by atoms with E-state index in [2.05, 4.69) is 4.98 Å². The Morgan fingerprint density at radius 2 is 1.23 bits per heavy atom. The Balaban J connectivity index is 2.21. The summed E-state index contributed by atoms with van der Waals surface area (Å²) in [5, 5.41) is 1.92. The van der Waals surface area contributed by atoms with Gasteiger partial charge in [-0.1, -0.05) is 69.6 Å². The number of hydrogen-bond donors (Lipinski definition) is 0. The van der Waals surface area contributed by atoms with Crippen LogP contribution in [0.2, 0.25) is 30.1 Å². The van der Waals surface area contributed by atoms with Gasteiger partial charge in [0.2, 0.25) is 0 Å². The summed E-state index contributed by atoms with van der Waals surface area (Å²) in [7, 11) is 0. The van der Waals surface area contributed by atoms with E-state index in [0.29, 0.717) is 44.3 Å². The molecule has 0 saturated carbocycles. The van der Waals surface area contributed by atoms with Crippen LogP contribution in [0.5, 0.6) is 0 Å². The molecule has 132 valence electrons. The lowest BCUT2D eigenvalue weighted by Crippen LogP contribution is -1.94. The third kappa shape index (κ3) is 3.82. The Kier molecular flexibility index (Phi) is 6.03. The molecule has 0 bridgehead atoms. The molecule has 0 aliphatic heterocycles. The van der Waals surface area contributed by atoms with Crippen LogP contribution in [0.4, 0.5) is 0 Å². The predicted molar refractivity (Wildman–Crippen MR) is 111 cm³/mol. The molecule has 0 spiro atoms. The molecular formula is C18H7Cl6NO. The molecule has 8 heteroatoms. The highest BCUT2D eigenvalue weighted by atomic mass is 35.5. The third-order valence-electron chi connectivity index (χ3n) is 3.62. The highest BCUT2D eigenvalue weighted by Crippen LogP contribution is 2.40. The summed E-state index contributed by atoms with van der Waals surface area (Å²) in [6.45, 7) is 0. The first-order valence-corrected chi connectivity index (χ1v) is 9.33. The topological polar surface area (TPSA) is 30.0 Å².